The van der Waals surface area contributed by atoms with Gasteiger partial charge in [-0.15, -0.1) is 0 Å². The quantitative estimate of drug-likeness (QED) is 0.799. The van der Waals surface area contributed by atoms with Gasteiger partial charge in [-0.3, -0.25) is 14.5 Å². The Morgan fingerprint density at radius 3 is 2.55 bits per heavy atom. The number of hydrogen-bond donors (Lipinski definition) is 1. The lowest BCUT2D eigenvalue weighted by Gasteiger charge is -2.43. The van der Waals surface area contributed by atoms with Crippen LogP contribution in [0.5, 0.6) is 0 Å². The molecule has 1 aromatic rings. The minimum absolute atomic E-state index is 0.119. The molecule has 3 saturated heterocycles. The van der Waals surface area contributed by atoms with Crippen molar-refractivity contribution in [1.29, 1.82) is 0 Å². The predicted octanol–water partition coefficient (Wildman–Crippen LogP) is 0.720. The molecule has 4 rings (SSSR count). The van der Waals surface area contributed by atoms with Crippen molar-refractivity contribution in [3.63, 3.8) is 0 Å². The Morgan fingerprint density at radius 1 is 1.07 bits per heavy atom. The van der Waals surface area contributed by atoms with Crippen LogP contribution in [0.15, 0.2) is 18.3 Å². The maximum Gasteiger partial charge on any atom is 0.248 e. The third-order valence-corrected chi connectivity index (χ3v) is 6.46. The summed E-state index contributed by atoms with van der Waals surface area (Å²) >= 11 is 0. The number of rotatable bonds is 4. The van der Waals surface area contributed by atoms with Gasteiger partial charge < -0.3 is 20.3 Å². The van der Waals surface area contributed by atoms with Crippen LogP contribution in [0.25, 0.3) is 0 Å². The zero-order valence-corrected chi connectivity index (χ0v) is 17.0. The van der Waals surface area contributed by atoms with Crippen LogP contribution in [0.3, 0.4) is 0 Å². The topological polar surface area (TPSA) is 92.0 Å². The maximum absolute atomic E-state index is 12.9. The van der Waals surface area contributed by atoms with Gasteiger partial charge in [0.05, 0.1) is 19.1 Å². The van der Waals surface area contributed by atoms with E-state index < -0.39 is 5.91 Å². The van der Waals surface area contributed by atoms with Crippen molar-refractivity contribution in [3.8, 4) is 0 Å². The van der Waals surface area contributed by atoms with Crippen molar-refractivity contribution in [1.82, 2.24) is 14.8 Å². The molecule has 4 heterocycles. The second-order valence-electron chi connectivity index (χ2n) is 8.26. The van der Waals surface area contributed by atoms with Gasteiger partial charge in [0.15, 0.2) is 0 Å². The Balaban J connectivity index is 1.31. The molecule has 1 atom stereocenters. The number of likely N-dealkylation sites (tertiary alicyclic amines) is 1. The summed E-state index contributed by atoms with van der Waals surface area (Å²) in [6, 6.07) is 3.93. The van der Waals surface area contributed by atoms with Crippen LogP contribution in [0.1, 0.15) is 36.0 Å². The maximum atomic E-state index is 12.9. The molecule has 1 aromatic heterocycles. The summed E-state index contributed by atoms with van der Waals surface area (Å²) in [5.41, 5.74) is 5.89. The fourth-order valence-electron chi connectivity index (χ4n) is 4.79. The first-order chi connectivity index (χ1) is 14.1. The van der Waals surface area contributed by atoms with Gasteiger partial charge in [0.2, 0.25) is 11.8 Å². The Kier molecular flexibility index (Phi) is 6.30. The molecule has 0 saturated carbocycles. The highest BCUT2D eigenvalue weighted by Crippen LogP contribution is 2.27. The van der Waals surface area contributed by atoms with Gasteiger partial charge in [-0.25, -0.2) is 4.98 Å². The highest BCUT2D eigenvalue weighted by atomic mass is 16.5. The average Bonchev–Trinajstić information content (AvgIpc) is 2.79. The molecule has 0 radical (unpaired) electrons. The first-order valence-electron chi connectivity index (χ1n) is 10.7. The molecule has 29 heavy (non-hydrogen) atoms. The zero-order chi connectivity index (χ0) is 20.2. The van der Waals surface area contributed by atoms with E-state index in [1.54, 1.807) is 18.3 Å². The van der Waals surface area contributed by atoms with E-state index >= 15 is 0 Å². The molecule has 8 heteroatoms. The van der Waals surface area contributed by atoms with E-state index in [0.717, 1.165) is 70.8 Å². The number of ether oxygens (including phenoxy) is 1. The normalized spacial score (nSPS) is 24.5. The average molecular weight is 402 g/mol. The molecule has 8 nitrogen and oxygen atoms in total. The van der Waals surface area contributed by atoms with Crippen molar-refractivity contribution in [3.05, 3.63) is 23.9 Å². The van der Waals surface area contributed by atoms with Crippen molar-refractivity contribution in [2.75, 3.05) is 57.4 Å². The minimum Gasteiger partial charge on any atom is -0.378 e. The van der Waals surface area contributed by atoms with Gasteiger partial charge in [-0.2, -0.15) is 0 Å². The van der Waals surface area contributed by atoms with Gasteiger partial charge in [0.1, 0.15) is 5.82 Å². The SMILES string of the molecule is NC(=O)c1ccnc(N2CCC(N3CCCC(C(=O)N4CCOCC4)C3)CC2)c1. The van der Waals surface area contributed by atoms with E-state index in [4.69, 9.17) is 10.5 Å². The van der Waals surface area contributed by atoms with Crippen LogP contribution in [-0.4, -0.2) is 85.1 Å². The number of nitrogens with two attached hydrogens (primary N) is 1. The van der Waals surface area contributed by atoms with E-state index in [9.17, 15) is 9.59 Å². The Hall–Kier alpha value is -2.19. The summed E-state index contributed by atoms with van der Waals surface area (Å²) in [7, 11) is 0. The molecule has 158 valence electrons. The summed E-state index contributed by atoms with van der Waals surface area (Å²) in [4.78, 5) is 35.5. The molecule has 2 N–H and O–H groups in total. The first kappa shape index (κ1) is 20.1. The number of piperidine rings is 2. The molecule has 3 fully saturated rings. The third-order valence-electron chi connectivity index (χ3n) is 6.46. The summed E-state index contributed by atoms with van der Waals surface area (Å²) in [5.74, 6) is 0.822. The summed E-state index contributed by atoms with van der Waals surface area (Å²) in [6.07, 6.45) is 5.81. The summed E-state index contributed by atoms with van der Waals surface area (Å²) in [6.45, 7) is 6.52. The molecule has 0 spiro atoms. The van der Waals surface area contributed by atoms with Crippen LogP contribution in [0, 0.1) is 5.92 Å². The molecule has 0 bridgehead atoms. The number of anilines is 1. The van der Waals surface area contributed by atoms with E-state index in [1.165, 1.54) is 0 Å². The fourth-order valence-corrected chi connectivity index (χ4v) is 4.79. The smallest absolute Gasteiger partial charge is 0.248 e. The lowest BCUT2D eigenvalue weighted by molar-refractivity contribution is -0.141. The number of amides is 2. The molecular weight excluding hydrogens is 370 g/mol. The predicted molar refractivity (Wildman–Crippen MR) is 110 cm³/mol. The molecule has 3 aliphatic rings. The molecule has 2 amide bonds. The van der Waals surface area contributed by atoms with Gasteiger partial charge in [-0.1, -0.05) is 0 Å². The Morgan fingerprint density at radius 2 is 1.83 bits per heavy atom. The first-order valence-corrected chi connectivity index (χ1v) is 10.7. The number of pyridine rings is 1. The van der Waals surface area contributed by atoms with Gasteiger partial charge in [-0.05, 0) is 44.4 Å². The number of carbonyl (C=O) groups excluding carboxylic acids is 2. The molecule has 0 aliphatic carbocycles. The highest BCUT2D eigenvalue weighted by Gasteiger charge is 2.34. The summed E-state index contributed by atoms with van der Waals surface area (Å²) < 4.78 is 5.38. The van der Waals surface area contributed by atoms with Gasteiger partial charge in [0.25, 0.3) is 0 Å². The Bertz CT molecular complexity index is 729. The van der Waals surface area contributed by atoms with Crippen molar-refractivity contribution in [2.45, 2.75) is 31.7 Å². The molecule has 0 aromatic carbocycles. The molecular formula is C21H31N5O3. The van der Waals surface area contributed by atoms with Gasteiger partial charge >= 0.3 is 0 Å². The highest BCUT2D eigenvalue weighted by molar-refractivity contribution is 5.93. The minimum atomic E-state index is -0.423. The fraction of sp³-hybridized carbons (Fsp3) is 0.667. The van der Waals surface area contributed by atoms with Crippen molar-refractivity contribution < 1.29 is 14.3 Å². The van der Waals surface area contributed by atoms with E-state index in [0.29, 0.717) is 30.7 Å². The number of primary amides is 1. The second kappa shape index (κ2) is 9.09. The second-order valence-corrected chi connectivity index (χ2v) is 8.26. The third kappa shape index (κ3) is 4.70. The molecule has 3 aliphatic heterocycles. The largest absolute Gasteiger partial charge is 0.378 e. The number of morpholine rings is 1. The number of hydrogen-bond acceptors (Lipinski definition) is 6. The number of carbonyl (C=O) groups is 2. The van der Waals surface area contributed by atoms with Crippen LogP contribution >= 0.6 is 0 Å². The molecule has 1 unspecified atom stereocenters. The van der Waals surface area contributed by atoms with Crippen LogP contribution in [-0.2, 0) is 9.53 Å². The summed E-state index contributed by atoms with van der Waals surface area (Å²) in [5, 5.41) is 0. The van der Waals surface area contributed by atoms with E-state index in [1.807, 2.05) is 4.90 Å². The lowest BCUT2D eigenvalue weighted by Crippen LogP contribution is -2.52. The van der Waals surface area contributed by atoms with E-state index in [2.05, 4.69) is 14.8 Å². The lowest BCUT2D eigenvalue weighted by atomic mass is 9.92. The van der Waals surface area contributed by atoms with Crippen molar-refractivity contribution in [2.24, 2.45) is 11.7 Å². The van der Waals surface area contributed by atoms with Gasteiger partial charge in [0, 0.05) is 50.5 Å². The number of aromatic nitrogens is 1. The standard InChI is InChI=1S/C21H31N5O3/c22-20(27)16-3-6-23-19(14-16)24-8-4-18(5-9-24)26-7-1-2-17(15-26)21(28)25-10-12-29-13-11-25/h3,6,14,17-18H,1-2,4-5,7-13,15H2,(H2,22,27). The Labute approximate surface area is 172 Å². The van der Waals surface area contributed by atoms with Crippen LogP contribution in [0.4, 0.5) is 5.82 Å². The monoisotopic (exact) mass is 401 g/mol. The van der Waals surface area contributed by atoms with Crippen LogP contribution < -0.4 is 10.6 Å². The van der Waals surface area contributed by atoms with Crippen LogP contribution in [0.2, 0.25) is 0 Å². The number of nitrogens with zero attached hydrogens (tertiary/aromatic N) is 4. The van der Waals surface area contributed by atoms with Crippen molar-refractivity contribution >= 4 is 17.6 Å². The van der Waals surface area contributed by atoms with E-state index in [-0.39, 0.29) is 5.92 Å². The zero-order valence-electron chi connectivity index (χ0n) is 17.0.